The molecule has 3 aromatic rings. The number of hydrogen-bond acceptors (Lipinski definition) is 4. The van der Waals surface area contributed by atoms with E-state index in [9.17, 15) is 0 Å². The van der Waals surface area contributed by atoms with Gasteiger partial charge in [0.2, 0.25) is 0 Å². The van der Waals surface area contributed by atoms with E-state index in [4.69, 9.17) is 11.6 Å². The van der Waals surface area contributed by atoms with Crippen molar-refractivity contribution >= 4 is 28.6 Å². The Morgan fingerprint density at radius 1 is 1.24 bits per heavy atom. The summed E-state index contributed by atoms with van der Waals surface area (Å²) >= 11 is 7.63. The van der Waals surface area contributed by atoms with E-state index in [1.165, 1.54) is 5.56 Å². The van der Waals surface area contributed by atoms with Crippen molar-refractivity contribution in [2.45, 2.75) is 13.5 Å². The zero-order chi connectivity index (χ0) is 14.7. The molecular formula is C16H14ClN3S. The average Bonchev–Trinajstić information content (AvgIpc) is 2.98. The van der Waals surface area contributed by atoms with Gasteiger partial charge in [-0.1, -0.05) is 23.7 Å². The molecule has 0 aliphatic rings. The first-order chi connectivity index (χ1) is 10.2. The Balaban J connectivity index is 1.72. The molecule has 0 unspecified atom stereocenters. The van der Waals surface area contributed by atoms with Gasteiger partial charge in [-0.25, -0.2) is 4.98 Å². The lowest BCUT2D eigenvalue weighted by molar-refractivity contribution is 1.07. The molecule has 0 spiro atoms. The minimum absolute atomic E-state index is 0.671. The summed E-state index contributed by atoms with van der Waals surface area (Å²) in [4.78, 5) is 8.92. The number of nitrogens with one attached hydrogen (secondary N) is 1. The zero-order valence-electron chi connectivity index (χ0n) is 11.5. The highest BCUT2D eigenvalue weighted by Crippen LogP contribution is 2.23. The summed E-state index contributed by atoms with van der Waals surface area (Å²) in [7, 11) is 0. The first kappa shape index (κ1) is 14.0. The van der Waals surface area contributed by atoms with E-state index < -0.39 is 0 Å². The largest absolute Gasteiger partial charge is 0.379 e. The molecule has 0 saturated carbocycles. The van der Waals surface area contributed by atoms with Crippen molar-refractivity contribution in [3.8, 4) is 10.7 Å². The molecule has 0 amide bonds. The van der Waals surface area contributed by atoms with Crippen LogP contribution in [0, 0.1) is 6.92 Å². The number of pyridine rings is 1. The predicted molar refractivity (Wildman–Crippen MR) is 88.9 cm³/mol. The number of rotatable bonds is 4. The molecule has 2 aromatic heterocycles. The van der Waals surface area contributed by atoms with Crippen molar-refractivity contribution in [2.24, 2.45) is 0 Å². The Kier molecular flexibility index (Phi) is 4.18. The molecule has 3 nitrogen and oxygen atoms in total. The molecule has 1 aromatic carbocycles. The van der Waals surface area contributed by atoms with Gasteiger partial charge in [-0.05, 0) is 36.8 Å². The van der Waals surface area contributed by atoms with Crippen LogP contribution in [0.25, 0.3) is 10.7 Å². The molecule has 0 atom stereocenters. The number of hydrogen-bond donors (Lipinski definition) is 1. The molecule has 0 saturated heterocycles. The van der Waals surface area contributed by atoms with Crippen LogP contribution in [0.3, 0.4) is 0 Å². The smallest absolute Gasteiger partial charge is 0.142 e. The first-order valence-electron chi connectivity index (χ1n) is 6.58. The van der Waals surface area contributed by atoms with E-state index >= 15 is 0 Å². The summed E-state index contributed by atoms with van der Waals surface area (Å²) in [6, 6.07) is 11.7. The van der Waals surface area contributed by atoms with Gasteiger partial charge in [0.1, 0.15) is 5.01 Å². The minimum atomic E-state index is 0.671. The second-order valence-corrected chi connectivity index (χ2v) is 5.97. The number of anilines is 1. The molecular weight excluding hydrogens is 302 g/mol. The van der Waals surface area contributed by atoms with Gasteiger partial charge >= 0.3 is 0 Å². The lowest BCUT2D eigenvalue weighted by atomic mass is 10.2. The molecule has 106 valence electrons. The van der Waals surface area contributed by atoms with Gasteiger partial charge in [-0.3, -0.25) is 4.98 Å². The summed E-state index contributed by atoms with van der Waals surface area (Å²) < 4.78 is 0. The fourth-order valence-electron chi connectivity index (χ4n) is 1.97. The summed E-state index contributed by atoms with van der Waals surface area (Å²) in [6.45, 7) is 2.73. The van der Waals surface area contributed by atoms with Gasteiger partial charge in [-0.2, -0.15) is 0 Å². The summed E-state index contributed by atoms with van der Waals surface area (Å²) in [5.41, 5.74) is 4.11. The van der Waals surface area contributed by atoms with Gasteiger partial charge in [0.05, 0.1) is 17.9 Å². The second kappa shape index (κ2) is 6.24. The quantitative estimate of drug-likeness (QED) is 0.753. The van der Waals surface area contributed by atoms with Crippen LogP contribution in [0.4, 0.5) is 5.69 Å². The first-order valence-corrected chi connectivity index (χ1v) is 7.84. The van der Waals surface area contributed by atoms with Crippen LogP contribution in [-0.4, -0.2) is 9.97 Å². The van der Waals surface area contributed by atoms with Crippen molar-refractivity contribution in [2.75, 3.05) is 5.32 Å². The SMILES string of the molecule is Cc1ccc(Cl)cc1NCc1csc(-c2ccccn2)n1. The van der Waals surface area contributed by atoms with Crippen molar-refractivity contribution in [3.63, 3.8) is 0 Å². The summed E-state index contributed by atoms with van der Waals surface area (Å²) in [6.07, 6.45) is 1.78. The maximum absolute atomic E-state index is 6.02. The number of aromatic nitrogens is 2. The fraction of sp³-hybridized carbons (Fsp3) is 0.125. The Morgan fingerprint density at radius 2 is 2.14 bits per heavy atom. The lowest BCUT2D eigenvalue weighted by Crippen LogP contribution is -2.01. The summed E-state index contributed by atoms with van der Waals surface area (Å²) in [5, 5.41) is 7.10. The van der Waals surface area contributed by atoms with Gasteiger partial charge in [0, 0.05) is 22.3 Å². The highest BCUT2D eigenvalue weighted by atomic mass is 35.5. The molecule has 1 N–H and O–H groups in total. The van der Waals surface area contributed by atoms with E-state index in [1.54, 1.807) is 17.5 Å². The highest BCUT2D eigenvalue weighted by molar-refractivity contribution is 7.13. The predicted octanol–water partition coefficient (Wildman–Crippen LogP) is 4.78. The molecule has 5 heteroatoms. The highest BCUT2D eigenvalue weighted by Gasteiger charge is 2.06. The molecule has 0 aliphatic carbocycles. The average molecular weight is 316 g/mol. The van der Waals surface area contributed by atoms with Crippen molar-refractivity contribution < 1.29 is 0 Å². The molecule has 2 heterocycles. The normalized spacial score (nSPS) is 10.6. The number of benzene rings is 1. The van der Waals surface area contributed by atoms with Gasteiger partial charge in [0.15, 0.2) is 0 Å². The standard InChI is InChI=1S/C16H14ClN3S/c1-11-5-6-12(17)8-15(11)19-9-13-10-21-16(20-13)14-4-2-3-7-18-14/h2-8,10,19H,9H2,1H3. The third kappa shape index (κ3) is 3.40. The minimum Gasteiger partial charge on any atom is -0.379 e. The van der Waals surface area contributed by atoms with E-state index in [-0.39, 0.29) is 0 Å². The van der Waals surface area contributed by atoms with Gasteiger partial charge in [-0.15, -0.1) is 11.3 Å². The molecule has 0 aliphatic heterocycles. The van der Waals surface area contributed by atoms with E-state index in [0.29, 0.717) is 6.54 Å². The van der Waals surface area contributed by atoms with Crippen molar-refractivity contribution in [3.05, 3.63) is 64.3 Å². The number of thiazole rings is 1. The Bertz CT molecular complexity index is 740. The maximum Gasteiger partial charge on any atom is 0.142 e. The van der Waals surface area contributed by atoms with Crippen LogP contribution in [0.1, 0.15) is 11.3 Å². The zero-order valence-corrected chi connectivity index (χ0v) is 13.1. The number of halogens is 1. The Morgan fingerprint density at radius 3 is 2.95 bits per heavy atom. The summed E-state index contributed by atoms with van der Waals surface area (Å²) in [5.74, 6) is 0. The van der Waals surface area contributed by atoms with Crippen LogP contribution in [-0.2, 0) is 6.54 Å². The topological polar surface area (TPSA) is 37.8 Å². The monoisotopic (exact) mass is 315 g/mol. The van der Waals surface area contributed by atoms with E-state index in [1.807, 2.05) is 36.4 Å². The van der Waals surface area contributed by atoms with E-state index in [2.05, 4.69) is 27.6 Å². The van der Waals surface area contributed by atoms with Crippen molar-refractivity contribution in [1.29, 1.82) is 0 Å². The number of nitrogens with zero attached hydrogens (tertiary/aromatic N) is 2. The lowest BCUT2D eigenvalue weighted by Gasteiger charge is -2.08. The third-order valence-corrected chi connectivity index (χ3v) is 4.24. The van der Waals surface area contributed by atoms with Crippen LogP contribution in [0.5, 0.6) is 0 Å². The molecule has 21 heavy (non-hydrogen) atoms. The molecule has 0 radical (unpaired) electrons. The molecule has 0 fully saturated rings. The second-order valence-electron chi connectivity index (χ2n) is 4.67. The van der Waals surface area contributed by atoms with Crippen LogP contribution >= 0.6 is 22.9 Å². The molecule has 3 rings (SSSR count). The van der Waals surface area contributed by atoms with Crippen LogP contribution in [0.15, 0.2) is 48.0 Å². The third-order valence-electron chi connectivity index (χ3n) is 3.10. The number of aryl methyl sites for hydroxylation is 1. The Hall–Kier alpha value is -1.91. The van der Waals surface area contributed by atoms with Gasteiger partial charge < -0.3 is 5.32 Å². The maximum atomic E-state index is 6.02. The van der Waals surface area contributed by atoms with Crippen LogP contribution < -0.4 is 5.32 Å². The fourth-order valence-corrected chi connectivity index (χ4v) is 2.93. The molecule has 0 bridgehead atoms. The van der Waals surface area contributed by atoms with Crippen molar-refractivity contribution in [1.82, 2.24) is 9.97 Å². The van der Waals surface area contributed by atoms with Crippen LogP contribution in [0.2, 0.25) is 5.02 Å². The Labute approximate surface area is 132 Å². The van der Waals surface area contributed by atoms with E-state index in [0.717, 1.165) is 27.1 Å². The van der Waals surface area contributed by atoms with Gasteiger partial charge in [0.25, 0.3) is 0 Å².